The average Bonchev–Trinajstić information content (AvgIpc) is 2.05. The molecular formula is C11H20N2O3. The van der Waals surface area contributed by atoms with Crippen molar-refractivity contribution < 1.29 is 14.7 Å². The maximum Gasteiger partial charge on any atom is 0.326 e. The van der Waals surface area contributed by atoms with Crippen molar-refractivity contribution in [1.29, 1.82) is 0 Å². The third-order valence-electron chi connectivity index (χ3n) is 2.83. The Morgan fingerprint density at radius 2 is 1.88 bits per heavy atom. The number of carbonyl (C=O) groups is 2. The molecule has 0 bridgehead atoms. The Balaban J connectivity index is 2.47. The van der Waals surface area contributed by atoms with E-state index in [0.29, 0.717) is 0 Å². The Labute approximate surface area is 95.6 Å². The van der Waals surface area contributed by atoms with Crippen LogP contribution in [0.1, 0.15) is 40.0 Å². The van der Waals surface area contributed by atoms with Gasteiger partial charge in [-0.05, 0) is 24.7 Å². The van der Waals surface area contributed by atoms with Crippen molar-refractivity contribution in [3.8, 4) is 0 Å². The topological polar surface area (TPSA) is 78.4 Å². The molecule has 2 amide bonds. The van der Waals surface area contributed by atoms with Crippen LogP contribution >= 0.6 is 0 Å². The quantitative estimate of drug-likeness (QED) is 0.682. The predicted octanol–water partition coefficient (Wildman–Crippen LogP) is 1.34. The van der Waals surface area contributed by atoms with Crippen LogP contribution in [0.4, 0.5) is 4.79 Å². The summed E-state index contributed by atoms with van der Waals surface area (Å²) in [5.41, 5.74) is -0.497. The minimum absolute atomic E-state index is 0.217. The summed E-state index contributed by atoms with van der Waals surface area (Å²) in [6.07, 6.45) is 3.11. The maximum atomic E-state index is 11.5. The molecule has 1 aliphatic rings. The fourth-order valence-corrected chi connectivity index (χ4v) is 1.56. The molecule has 1 aliphatic carbocycles. The number of carboxylic acids is 1. The van der Waals surface area contributed by atoms with E-state index in [1.807, 2.05) is 0 Å². The first-order valence-corrected chi connectivity index (χ1v) is 5.60. The van der Waals surface area contributed by atoms with Gasteiger partial charge in [0.1, 0.15) is 6.04 Å². The summed E-state index contributed by atoms with van der Waals surface area (Å²) < 4.78 is 0. The molecule has 1 fully saturated rings. The van der Waals surface area contributed by atoms with Gasteiger partial charge < -0.3 is 15.7 Å². The number of rotatable bonds is 3. The van der Waals surface area contributed by atoms with E-state index in [-0.39, 0.29) is 12.1 Å². The molecule has 1 unspecified atom stereocenters. The van der Waals surface area contributed by atoms with E-state index in [2.05, 4.69) is 10.6 Å². The summed E-state index contributed by atoms with van der Waals surface area (Å²) in [4.78, 5) is 22.5. The largest absolute Gasteiger partial charge is 0.480 e. The molecule has 0 heterocycles. The van der Waals surface area contributed by atoms with E-state index in [0.717, 1.165) is 19.3 Å². The summed E-state index contributed by atoms with van der Waals surface area (Å²) >= 11 is 0. The van der Waals surface area contributed by atoms with Crippen molar-refractivity contribution in [3.05, 3.63) is 0 Å². The molecule has 0 aromatic carbocycles. The van der Waals surface area contributed by atoms with Crippen LogP contribution in [0.25, 0.3) is 0 Å². The van der Waals surface area contributed by atoms with E-state index in [1.165, 1.54) is 0 Å². The van der Waals surface area contributed by atoms with Crippen molar-refractivity contribution in [2.75, 3.05) is 0 Å². The summed E-state index contributed by atoms with van der Waals surface area (Å²) in [6, 6.07) is -1.03. The number of amides is 2. The van der Waals surface area contributed by atoms with Crippen molar-refractivity contribution >= 4 is 12.0 Å². The SMILES string of the molecule is CC(C)(C)C(NC(=O)NC1CCC1)C(=O)O. The molecule has 92 valence electrons. The lowest BCUT2D eigenvalue weighted by Crippen LogP contribution is -2.54. The lowest BCUT2D eigenvalue weighted by molar-refractivity contribution is -0.141. The van der Waals surface area contributed by atoms with Crippen LogP contribution in [-0.4, -0.2) is 29.2 Å². The average molecular weight is 228 g/mol. The standard InChI is InChI=1S/C11H20N2O3/c1-11(2,3)8(9(14)15)13-10(16)12-7-5-4-6-7/h7-8H,4-6H2,1-3H3,(H,14,15)(H2,12,13,16). The highest BCUT2D eigenvalue weighted by atomic mass is 16.4. The van der Waals surface area contributed by atoms with Gasteiger partial charge in [0.2, 0.25) is 0 Å². The number of aliphatic carboxylic acids is 1. The van der Waals surface area contributed by atoms with Crippen LogP contribution in [0, 0.1) is 5.41 Å². The lowest BCUT2D eigenvalue weighted by Gasteiger charge is -2.31. The van der Waals surface area contributed by atoms with E-state index in [9.17, 15) is 9.59 Å². The molecule has 0 spiro atoms. The fraction of sp³-hybridized carbons (Fsp3) is 0.818. The van der Waals surface area contributed by atoms with Gasteiger partial charge in [0.05, 0.1) is 0 Å². The molecule has 0 saturated heterocycles. The van der Waals surface area contributed by atoms with Crippen molar-refractivity contribution in [3.63, 3.8) is 0 Å². The molecule has 5 nitrogen and oxygen atoms in total. The summed E-state index contributed by atoms with van der Waals surface area (Å²) in [5.74, 6) is -1.00. The van der Waals surface area contributed by atoms with Gasteiger partial charge in [0, 0.05) is 6.04 Å². The third-order valence-corrected chi connectivity index (χ3v) is 2.83. The molecule has 1 atom stereocenters. The summed E-state index contributed by atoms with van der Waals surface area (Å²) in [6.45, 7) is 5.36. The molecule has 0 aromatic rings. The number of hydrogen-bond donors (Lipinski definition) is 3. The van der Waals surface area contributed by atoms with Crippen LogP contribution in [-0.2, 0) is 4.79 Å². The summed E-state index contributed by atoms with van der Waals surface area (Å²) in [5, 5.41) is 14.3. The number of hydrogen-bond acceptors (Lipinski definition) is 2. The van der Waals surface area contributed by atoms with E-state index < -0.39 is 17.4 Å². The molecule has 0 radical (unpaired) electrons. The van der Waals surface area contributed by atoms with E-state index in [1.54, 1.807) is 20.8 Å². The highest BCUT2D eigenvalue weighted by molar-refractivity contribution is 5.83. The van der Waals surface area contributed by atoms with Gasteiger partial charge >= 0.3 is 12.0 Å². The molecule has 3 N–H and O–H groups in total. The minimum atomic E-state index is -1.00. The monoisotopic (exact) mass is 228 g/mol. The molecule has 5 heteroatoms. The first-order chi connectivity index (χ1) is 7.30. The highest BCUT2D eigenvalue weighted by Crippen LogP contribution is 2.20. The molecule has 0 aromatic heterocycles. The van der Waals surface area contributed by atoms with Gasteiger partial charge in [-0.25, -0.2) is 9.59 Å². The second-order valence-corrected chi connectivity index (χ2v) is 5.38. The zero-order chi connectivity index (χ0) is 12.3. The molecule has 16 heavy (non-hydrogen) atoms. The van der Waals surface area contributed by atoms with Crippen molar-refractivity contribution in [2.24, 2.45) is 5.41 Å². The van der Waals surface area contributed by atoms with Crippen LogP contribution < -0.4 is 10.6 Å². The minimum Gasteiger partial charge on any atom is -0.480 e. The van der Waals surface area contributed by atoms with Gasteiger partial charge in [0.25, 0.3) is 0 Å². The Bertz CT molecular complexity index is 279. The van der Waals surface area contributed by atoms with Gasteiger partial charge in [0.15, 0.2) is 0 Å². The summed E-state index contributed by atoms with van der Waals surface area (Å²) in [7, 11) is 0. The molecular weight excluding hydrogens is 208 g/mol. The van der Waals surface area contributed by atoms with E-state index in [4.69, 9.17) is 5.11 Å². The van der Waals surface area contributed by atoms with Crippen LogP contribution in [0.5, 0.6) is 0 Å². The molecule has 1 rings (SSSR count). The van der Waals surface area contributed by atoms with Gasteiger partial charge in [-0.1, -0.05) is 20.8 Å². The van der Waals surface area contributed by atoms with Crippen LogP contribution in [0.3, 0.4) is 0 Å². The third kappa shape index (κ3) is 3.40. The second kappa shape index (κ2) is 4.72. The highest BCUT2D eigenvalue weighted by Gasteiger charge is 2.33. The maximum absolute atomic E-state index is 11.5. The van der Waals surface area contributed by atoms with Gasteiger partial charge in [-0.2, -0.15) is 0 Å². The number of carbonyl (C=O) groups excluding carboxylic acids is 1. The lowest BCUT2D eigenvalue weighted by atomic mass is 9.87. The van der Waals surface area contributed by atoms with E-state index >= 15 is 0 Å². The first kappa shape index (κ1) is 12.8. The normalized spacial score (nSPS) is 18.4. The number of nitrogens with one attached hydrogen (secondary N) is 2. The Morgan fingerprint density at radius 1 is 1.31 bits per heavy atom. The van der Waals surface area contributed by atoms with Crippen LogP contribution in [0.15, 0.2) is 0 Å². The number of carboxylic acid groups (broad SMARTS) is 1. The van der Waals surface area contributed by atoms with Gasteiger partial charge in [-0.15, -0.1) is 0 Å². The Hall–Kier alpha value is -1.26. The zero-order valence-electron chi connectivity index (χ0n) is 10.0. The molecule has 0 aliphatic heterocycles. The van der Waals surface area contributed by atoms with Crippen molar-refractivity contribution in [2.45, 2.75) is 52.1 Å². The van der Waals surface area contributed by atoms with Crippen LogP contribution in [0.2, 0.25) is 0 Å². The smallest absolute Gasteiger partial charge is 0.326 e. The second-order valence-electron chi connectivity index (χ2n) is 5.38. The first-order valence-electron chi connectivity index (χ1n) is 5.60. The number of urea groups is 1. The Morgan fingerprint density at radius 3 is 2.19 bits per heavy atom. The Kier molecular flexibility index (Phi) is 3.78. The molecule has 1 saturated carbocycles. The van der Waals surface area contributed by atoms with Gasteiger partial charge in [-0.3, -0.25) is 0 Å². The zero-order valence-corrected chi connectivity index (χ0v) is 10.0. The fourth-order valence-electron chi connectivity index (χ4n) is 1.56. The van der Waals surface area contributed by atoms with Crippen molar-refractivity contribution in [1.82, 2.24) is 10.6 Å². The predicted molar refractivity (Wildman–Crippen MR) is 60.2 cm³/mol.